The zero-order chi connectivity index (χ0) is 13.1. The Balaban J connectivity index is 2.53. The van der Waals surface area contributed by atoms with E-state index in [-0.39, 0.29) is 18.2 Å². The van der Waals surface area contributed by atoms with Crippen LogP contribution in [0.3, 0.4) is 0 Å². The molecule has 0 radical (unpaired) electrons. The van der Waals surface area contributed by atoms with Crippen molar-refractivity contribution < 1.29 is 13.9 Å². The number of rotatable bonds is 4. The lowest BCUT2D eigenvalue weighted by molar-refractivity contribution is -0.139. The molecule has 1 aromatic carbocycles. The molecule has 4 nitrogen and oxygen atoms in total. The number of methoxy groups -OCH3 is 1. The first-order chi connectivity index (χ1) is 8.67. The van der Waals surface area contributed by atoms with Crippen molar-refractivity contribution in [3.8, 4) is 0 Å². The Labute approximate surface area is 104 Å². The van der Waals surface area contributed by atoms with Gasteiger partial charge in [0.15, 0.2) is 5.82 Å². The van der Waals surface area contributed by atoms with Gasteiger partial charge in [0, 0.05) is 6.54 Å². The molecule has 0 amide bonds. The van der Waals surface area contributed by atoms with Crippen molar-refractivity contribution in [2.24, 2.45) is 0 Å². The molecule has 18 heavy (non-hydrogen) atoms. The van der Waals surface area contributed by atoms with Gasteiger partial charge < -0.3 is 9.30 Å². The SMILES string of the molecule is CCCn1c(CC(=O)OC)nc2c(F)cccc21. The summed E-state index contributed by atoms with van der Waals surface area (Å²) < 4.78 is 20.1. The lowest BCUT2D eigenvalue weighted by atomic mass is 10.3. The highest BCUT2D eigenvalue weighted by atomic mass is 19.1. The summed E-state index contributed by atoms with van der Waals surface area (Å²) in [6, 6.07) is 4.82. The Morgan fingerprint density at radius 1 is 1.50 bits per heavy atom. The molecule has 0 spiro atoms. The Morgan fingerprint density at radius 3 is 2.94 bits per heavy atom. The number of carbonyl (C=O) groups excluding carboxylic acids is 1. The van der Waals surface area contributed by atoms with Gasteiger partial charge in [-0.25, -0.2) is 9.37 Å². The first kappa shape index (κ1) is 12.5. The van der Waals surface area contributed by atoms with Crippen LogP contribution in [0.4, 0.5) is 4.39 Å². The van der Waals surface area contributed by atoms with Gasteiger partial charge in [0.25, 0.3) is 0 Å². The summed E-state index contributed by atoms with van der Waals surface area (Å²) in [5.41, 5.74) is 1.03. The quantitative estimate of drug-likeness (QED) is 0.782. The maximum atomic E-state index is 13.6. The summed E-state index contributed by atoms with van der Waals surface area (Å²) in [5, 5.41) is 0. The number of imidazole rings is 1. The molecule has 0 aliphatic rings. The van der Waals surface area contributed by atoms with Gasteiger partial charge >= 0.3 is 5.97 Å². The van der Waals surface area contributed by atoms with E-state index in [1.165, 1.54) is 13.2 Å². The molecule has 0 bridgehead atoms. The number of carbonyl (C=O) groups is 1. The van der Waals surface area contributed by atoms with Gasteiger partial charge in [0.05, 0.1) is 12.6 Å². The second kappa shape index (κ2) is 5.16. The molecule has 0 saturated carbocycles. The Bertz CT molecular complexity index is 578. The standard InChI is InChI=1S/C13H15FN2O2/c1-3-7-16-10-6-4-5-9(14)13(10)15-11(16)8-12(17)18-2/h4-6H,3,7-8H2,1-2H3. The van der Waals surface area contributed by atoms with Crippen LogP contribution in [-0.2, 0) is 22.5 Å². The maximum absolute atomic E-state index is 13.6. The van der Waals surface area contributed by atoms with E-state index in [2.05, 4.69) is 9.72 Å². The molecule has 2 rings (SSSR count). The Hall–Kier alpha value is -1.91. The minimum Gasteiger partial charge on any atom is -0.469 e. The lowest BCUT2D eigenvalue weighted by Gasteiger charge is -2.06. The molecule has 0 saturated heterocycles. The van der Waals surface area contributed by atoms with Crippen LogP contribution >= 0.6 is 0 Å². The molecular weight excluding hydrogens is 235 g/mol. The molecule has 0 unspecified atom stereocenters. The van der Waals surface area contributed by atoms with E-state index in [4.69, 9.17) is 0 Å². The third kappa shape index (κ3) is 2.20. The number of benzene rings is 1. The summed E-state index contributed by atoms with van der Waals surface area (Å²) in [7, 11) is 1.33. The average Bonchev–Trinajstić information content (AvgIpc) is 2.70. The number of aromatic nitrogens is 2. The van der Waals surface area contributed by atoms with Crippen molar-refractivity contribution in [2.45, 2.75) is 26.3 Å². The number of nitrogens with zero attached hydrogens (tertiary/aromatic N) is 2. The van der Waals surface area contributed by atoms with Gasteiger partial charge in [-0.05, 0) is 18.6 Å². The van der Waals surface area contributed by atoms with Crippen LogP contribution in [-0.4, -0.2) is 22.6 Å². The summed E-state index contributed by atoms with van der Waals surface area (Å²) in [6.07, 6.45) is 0.945. The monoisotopic (exact) mass is 250 g/mol. The number of ether oxygens (including phenoxy) is 1. The number of para-hydroxylation sites is 1. The minimum absolute atomic E-state index is 0.0601. The molecule has 5 heteroatoms. The van der Waals surface area contributed by atoms with E-state index in [0.717, 1.165) is 11.9 Å². The Morgan fingerprint density at radius 2 is 2.28 bits per heavy atom. The van der Waals surface area contributed by atoms with E-state index in [9.17, 15) is 9.18 Å². The fraction of sp³-hybridized carbons (Fsp3) is 0.385. The number of fused-ring (bicyclic) bond motifs is 1. The van der Waals surface area contributed by atoms with Crippen LogP contribution in [0.5, 0.6) is 0 Å². The predicted octanol–water partition coefficient (Wildman–Crippen LogP) is 2.30. The zero-order valence-corrected chi connectivity index (χ0v) is 10.4. The van der Waals surface area contributed by atoms with Crippen LogP contribution in [0, 0.1) is 5.82 Å². The smallest absolute Gasteiger partial charge is 0.313 e. The summed E-state index contributed by atoms with van der Waals surface area (Å²) in [6.45, 7) is 2.72. The largest absolute Gasteiger partial charge is 0.469 e. The van der Waals surface area contributed by atoms with Crippen molar-refractivity contribution in [1.29, 1.82) is 0 Å². The van der Waals surface area contributed by atoms with E-state index < -0.39 is 0 Å². The molecule has 0 aliphatic heterocycles. The second-order valence-corrected chi connectivity index (χ2v) is 4.04. The molecule has 96 valence electrons. The Kier molecular flexibility index (Phi) is 3.60. The summed E-state index contributed by atoms with van der Waals surface area (Å²) >= 11 is 0. The highest BCUT2D eigenvalue weighted by Crippen LogP contribution is 2.20. The van der Waals surface area contributed by atoms with Gasteiger partial charge in [-0.1, -0.05) is 13.0 Å². The minimum atomic E-state index is -0.372. The topological polar surface area (TPSA) is 44.1 Å². The fourth-order valence-electron chi connectivity index (χ4n) is 1.97. The molecule has 1 aromatic heterocycles. The van der Waals surface area contributed by atoms with Crippen LogP contribution in [0.1, 0.15) is 19.2 Å². The number of aryl methyl sites for hydroxylation is 1. The van der Waals surface area contributed by atoms with Crippen LogP contribution in [0.15, 0.2) is 18.2 Å². The average molecular weight is 250 g/mol. The van der Waals surface area contributed by atoms with Crippen LogP contribution in [0.25, 0.3) is 11.0 Å². The van der Waals surface area contributed by atoms with E-state index >= 15 is 0 Å². The fourth-order valence-corrected chi connectivity index (χ4v) is 1.97. The molecular formula is C13H15FN2O2. The van der Waals surface area contributed by atoms with Crippen molar-refractivity contribution in [1.82, 2.24) is 9.55 Å². The lowest BCUT2D eigenvalue weighted by Crippen LogP contribution is -2.11. The van der Waals surface area contributed by atoms with Gasteiger partial charge in [0.1, 0.15) is 17.8 Å². The van der Waals surface area contributed by atoms with Gasteiger partial charge in [-0.3, -0.25) is 4.79 Å². The first-order valence-corrected chi connectivity index (χ1v) is 5.87. The van der Waals surface area contributed by atoms with Crippen molar-refractivity contribution in [3.63, 3.8) is 0 Å². The summed E-state index contributed by atoms with van der Waals surface area (Å²) in [5.74, 6) is -0.194. The van der Waals surface area contributed by atoms with Crippen molar-refractivity contribution >= 4 is 17.0 Å². The van der Waals surface area contributed by atoms with E-state index in [0.29, 0.717) is 17.9 Å². The van der Waals surface area contributed by atoms with E-state index in [1.54, 1.807) is 6.07 Å². The third-order valence-corrected chi connectivity index (χ3v) is 2.79. The molecule has 0 N–H and O–H groups in total. The van der Waals surface area contributed by atoms with Gasteiger partial charge in [-0.15, -0.1) is 0 Å². The predicted molar refractivity (Wildman–Crippen MR) is 65.7 cm³/mol. The van der Waals surface area contributed by atoms with Crippen LogP contribution < -0.4 is 0 Å². The first-order valence-electron chi connectivity index (χ1n) is 5.87. The number of halogens is 1. The molecule has 2 aromatic rings. The van der Waals surface area contributed by atoms with Gasteiger partial charge in [-0.2, -0.15) is 0 Å². The molecule has 0 aliphatic carbocycles. The van der Waals surface area contributed by atoms with Crippen molar-refractivity contribution in [3.05, 3.63) is 29.8 Å². The number of hydrogen-bond donors (Lipinski definition) is 0. The molecule has 0 atom stereocenters. The maximum Gasteiger partial charge on any atom is 0.313 e. The van der Waals surface area contributed by atoms with Crippen LogP contribution in [0.2, 0.25) is 0 Å². The summed E-state index contributed by atoms with van der Waals surface area (Å²) in [4.78, 5) is 15.5. The van der Waals surface area contributed by atoms with Gasteiger partial charge in [0.2, 0.25) is 0 Å². The number of esters is 1. The molecule has 0 fully saturated rings. The normalized spacial score (nSPS) is 10.8. The highest BCUT2D eigenvalue weighted by molar-refractivity contribution is 5.79. The van der Waals surface area contributed by atoms with E-state index in [1.807, 2.05) is 17.6 Å². The second-order valence-electron chi connectivity index (χ2n) is 4.04. The van der Waals surface area contributed by atoms with Crippen molar-refractivity contribution in [2.75, 3.05) is 7.11 Å². The molecule has 1 heterocycles. The zero-order valence-electron chi connectivity index (χ0n) is 10.4. The highest BCUT2D eigenvalue weighted by Gasteiger charge is 2.15. The number of hydrogen-bond acceptors (Lipinski definition) is 3. The third-order valence-electron chi connectivity index (χ3n) is 2.79.